The van der Waals surface area contributed by atoms with Crippen LogP contribution in [0.2, 0.25) is 0 Å². The van der Waals surface area contributed by atoms with Gasteiger partial charge in [-0.15, -0.1) is 0 Å². The molecule has 0 spiro atoms. The van der Waals surface area contributed by atoms with Gasteiger partial charge in [0.1, 0.15) is 0 Å². The van der Waals surface area contributed by atoms with Gasteiger partial charge in [-0.05, 0) is 306 Å². The predicted molar refractivity (Wildman–Crippen MR) is 446 cm³/mol. The Labute approximate surface area is 625 Å². The highest BCUT2D eigenvalue weighted by atomic mass is 15.1. The van der Waals surface area contributed by atoms with Gasteiger partial charge in [0.25, 0.3) is 0 Å². The van der Waals surface area contributed by atoms with E-state index in [1.54, 1.807) is 22.3 Å². The fourth-order valence-electron chi connectivity index (χ4n) is 21.7. The minimum Gasteiger partial charge on any atom is -0.311 e. The van der Waals surface area contributed by atoms with E-state index >= 15 is 0 Å². The summed E-state index contributed by atoms with van der Waals surface area (Å²) in [6, 6.07) is 95.6. The molecule has 10 aromatic carbocycles. The molecule has 8 aliphatic carbocycles. The normalized spacial score (nSPS) is 23.1. The fraction of sp³-hybridized carbons (Fsp3) is 0.373. The molecule has 0 aliphatic heterocycles. The second-order valence-corrected chi connectivity index (χ2v) is 33.4. The number of nitrogens with zero attached hydrogens (tertiary/aromatic N) is 2. The van der Waals surface area contributed by atoms with Gasteiger partial charge in [-0.1, -0.05) is 280 Å². The van der Waals surface area contributed by atoms with Crippen LogP contribution in [-0.2, 0) is 40.9 Å². The highest BCUT2D eigenvalue weighted by Gasteiger charge is 2.60. The van der Waals surface area contributed by atoms with Crippen molar-refractivity contribution in [1.82, 2.24) is 0 Å². The number of anilines is 6. The maximum atomic E-state index is 4.01. The van der Waals surface area contributed by atoms with Crippen molar-refractivity contribution < 1.29 is 0 Å². The van der Waals surface area contributed by atoms with E-state index < -0.39 is 0 Å². The first kappa shape index (κ1) is 70.9. The number of hydrogen-bond donors (Lipinski definition) is 0. The van der Waals surface area contributed by atoms with Crippen LogP contribution >= 0.6 is 0 Å². The zero-order chi connectivity index (χ0) is 70.9. The summed E-state index contributed by atoms with van der Waals surface area (Å²) in [6.45, 7) is 14.9. The molecule has 2 nitrogen and oxygen atoms in total. The molecule has 532 valence electrons. The SMILES string of the molecule is C=Cc1ccc(C23CC4CC(C2)CC(c2ccc(N(c5ccc(CCCCCC)cc5)c5ccc(-c6ccc(CCCCCC)cc6)cc5)cc2)(C4)C3)cc1.C=Cc1ccc(C23CC4CC(C2)CC(c2ccc(N(c5ccc(CCCCCC)cc5)c5cccc(-c6ccccc6)c5)cc2)(C4)C3)cc1. The smallest absolute Gasteiger partial charge is 0.0467 e. The van der Waals surface area contributed by atoms with Crippen LogP contribution < -0.4 is 9.80 Å². The molecule has 18 rings (SSSR count). The molecule has 8 saturated carbocycles. The van der Waals surface area contributed by atoms with Crippen molar-refractivity contribution in [3.63, 3.8) is 0 Å². The summed E-state index contributed by atoms with van der Waals surface area (Å²) in [4.78, 5) is 4.93. The monoisotopic (exact) mass is 1370 g/mol. The molecule has 0 radical (unpaired) electrons. The second-order valence-electron chi connectivity index (χ2n) is 33.4. The Hall–Kier alpha value is -8.72. The van der Waals surface area contributed by atoms with Crippen molar-refractivity contribution in [2.24, 2.45) is 23.7 Å². The quantitative estimate of drug-likeness (QED) is 0.0431. The molecule has 0 N–H and O–H groups in total. The van der Waals surface area contributed by atoms with E-state index in [1.807, 2.05) is 12.2 Å². The van der Waals surface area contributed by atoms with E-state index in [0.29, 0.717) is 10.8 Å². The highest BCUT2D eigenvalue weighted by Crippen LogP contribution is 2.68. The van der Waals surface area contributed by atoms with Crippen LogP contribution in [0.5, 0.6) is 0 Å². The predicted octanol–water partition coefficient (Wildman–Crippen LogP) is 28.9. The fourth-order valence-corrected chi connectivity index (χ4v) is 21.7. The topological polar surface area (TPSA) is 6.48 Å². The van der Waals surface area contributed by atoms with Gasteiger partial charge in [0.05, 0.1) is 0 Å². The summed E-state index contributed by atoms with van der Waals surface area (Å²) in [5.41, 5.74) is 26.5. The van der Waals surface area contributed by atoms with Crippen molar-refractivity contribution in [3.05, 3.63) is 312 Å². The number of hydrogen-bond acceptors (Lipinski definition) is 2. The van der Waals surface area contributed by atoms with Crippen LogP contribution in [0.4, 0.5) is 34.1 Å². The summed E-state index contributed by atoms with van der Waals surface area (Å²) in [5.74, 6) is 3.32. The van der Waals surface area contributed by atoms with Gasteiger partial charge < -0.3 is 9.80 Å². The number of benzene rings is 10. The van der Waals surface area contributed by atoms with Gasteiger partial charge in [0.15, 0.2) is 0 Å². The van der Waals surface area contributed by atoms with Crippen molar-refractivity contribution in [3.8, 4) is 22.3 Å². The summed E-state index contributed by atoms with van der Waals surface area (Å²) in [6.07, 6.45) is 39.3. The van der Waals surface area contributed by atoms with Gasteiger partial charge in [0.2, 0.25) is 0 Å². The Morgan fingerprint density at radius 1 is 0.288 bits per heavy atom. The number of aryl methyl sites for hydroxylation is 3. The Morgan fingerprint density at radius 3 is 0.923 bits per heavy atom. The van der Waals surface area contributed by atoms with Gasteiger partial charge in [-0.3, -0.25) is 0 Å². The molecule has 0 aromatic heterocycles. The average molecular weight is 1370 g/mol. The van der Waals surface area contributed by atoms with Crippen LogP contribution in [-0.4, -0.2) is 0 Å². The lowest BCUT2D eigenvalue weighted by Crippen LogP contribution is -2.55. The van der Waals surface area contributed by atoms with Crippen LogP contribution in [0.3, 0.4) is 0 Å². The first-order valence-corrected chi connectivity index (χ1v) is 40.9. The molecule has 8 fully saturated rings. The molecular formula is C102H114N2. The zero-order valence-corrected chi connectivity index (χ0v) is 63.0. The van der Waals surface area contributed by atoms with E-state index in [-0.39, 0.29) is 10.8 Å². The summed E-state index contributed by atoms with van der Waals surface area (Å²) in [5, 5.41) is 0. The first-order valence-electron chi connectivity index (χ1n) is 40.9. The van der Waals surface area contributed by atoms with Crippen LogP contribution in [0, 0.1) is 23.7 Å². The lowest BCUT2D eigenvalue weighted by Gasteiger charge is -2.63. The molecule has 0 heterocycles. The first-order chi connectivity index (χ1) is 51.1. The third kappa shape index (κ3) is 15.4. The second kappa shape index (κ2) is 31.9. The molecule has 0 saturated heterocycles. The standard InChI is InChI=1S/C54H63N.C48H51N/c1-4-7-9-11-13-42-15-21-46(22-16-42)47-23-31-51(32-24-47)55(50-29-19-43(20-30-50)14-12-10-8-5-2)52-33-27-49(28-34-52)54-38-44-35-45(39-54)37-53(36-44,40-54)48-25-17-41(6-3)18-26-48;1-3-5-6-8-12-37-19-25-44(26-20-37)49(46-16-11-15-41(30-46)40-13-9-7-10-14-40)45-27-23-43(24-28-45)48-33-38-29-39(34-48)32-47(31-38,35-48)42-21-17-36(4-2)18-22-42/h6,15-34,44-45H,3-5,7-14,35-40H2,1-2H3;4,7,9-11,13-28,30,38-39H,2-3,5-6,8,12,29,31-35H2,1H3. The van der Waals surface area contributed by atoms with E-state index in [9.17, 15) is 0 Å². The lowest BCUT2D eigenvalue weighted by molar-refractivity contribution is -0.0282. The summed E-state index contributed by atoms with van der Waals surface area (Å²) in [7, 11) is 0. The molecule has 104 heavy (non-hydrogen) atoms. The molecule has 0 amide bonds. The van der Waals surface area contributed by atoms with Crippen molar-refractivity contribution in [2.75, 3.05) is 9.80 Å². The van der Waals surface area contributed by atoms with E-state index in [4.69, 9.17) is 0 Å². The Bertz CT molecular complexity index is 4400. The van der Waals surface area contributed by atoms with Crippen molar-refractivity contribution in [2.45, 2.75) is 216 Å². The summed E-state index contributed by atoms with van der Waals surface area (Å²) >= 11 is 0. The lowest BCUT2D eigenvalue weighted by atomic mass is 9.41. The molecule has 2 heteroatoms. The molecule has 10 aromatic rings. The van der Waals surface area contributed by atoms with Crippen molar-refractivity contribution in [1.29, 1.82) is 0 Å². The number of unbranched alkanes of at least 4 members (excludes halogenated alkanes) is 9. The molecule has 8 bridgehead atoms. The van der Waals surface area contributed by atoms with Gasteiger partial charge in [-0.2, -0.15) is 0 Å². The minimum absolute atomic E-state index is 0.274. The largest absolute Gasteiger partial charge is 0.311 e. The van der Waals surface area contributed by atoms with Crippen LogP contribution in [0.1, 0.15) is 225 Å². The summed E-state index contributed by atoms with van der Waals surface area (Å²) < 4.78 is 0. The minimum atomic E-state index is 0.274. The van der Waals surface area contributed by atoms with Gasteiger partial charge in [0, 0.05) is 34.1 Å². The zero-order valence-electron chi connectivity index (χ0n) is 63.0. The van der Waals surface area contributed by atoms with E-state index in [0.717, 1.165) is 36.5 Å². The van der Waals surface area contributed by atoms with Crippen LogP contribution in [0.15, 0.2) is 262 Å². The third-order valence-corrected chi connectivity index (χ3v) is 26.1. The average Bonchev–Trinajstić information content (AvgIpc) is 0.711. The molecular weight excluding hydrogens is 1250 g/mol. The van der Waals surface area contributed by atoms with E-state index in [2.05, 4.69) is 292 Å². The molecule has 8 aliphatic rings. The number of rotatable bonds is 29. The Morgan fingerprint density at radius 2 is 0.577 bits per heavy atom. The van der Waals surface area contributed by atoms with Gasteiger partial charge in [-0.25, -0.2) is 0 Å². The van der Waals surface area contributed by atoms with Gasteiger partial charge >= 0.3 is 0 Å². The Balaban J connectivity index is 0.000000168. The molecule has 4 atom stereocenters. The highest BCUT2D eigenvalue weighted by molar-refractivity contribution is 5.81. The molecule has 4 unspecified atom stereocenters. The van der Waals surface area contributed by atoms with E-state index in [1.165, 1.54) is 245 Å². The van der Waals surface area contributed by atoms with Crippen molar-refractivity contribution >= 4 is 46.3 Å². The third-order valence-electron chi connectivity index (χ3n) is 26.1. The maximum Gasteiger partial charge on any atom is 0.0467 e. The maximum absolute atomic E-state index is 4.01. The Kier molecular flexibility index (Phi) is 21.8. The van der Waals surface area contributed by atoms with Crippen LogP contribution in [0.25, 0.3) is 34.4 Å².